The highest BCUT2D eigenvalue weighted by atomic mass is 16.8. The van der Waals surface area contributed by atoms with Crippen molar-refractivity contribution in [3.8, 4) is 0 Å². The third-order valence-corrected chi connectivity index (χ3v) is 18.0. The van der Waals surface area contributed by atoms with Crippen molar-refractivity contribution in [2.45, 2.75) is 253 Å². The molecule has 0 saturated carbocycles. The van der Waals surface area contributed by atoms with Crippen molar-refractivity contribution in [2.24, 2.45) is 28.7 Å². The standard InChI is InChI=1S/C20H37NO16.C14H27NO11.C10H20N2O6.2C8H17NO6/c21-1-2-32-19-16(31)17(37-20-15(30)13(28)10(25)7(4-23)35-20)11(26)8(36-19)5-33-18-14(29)12(27)9(24)6(3-22)34-18;15-1-2-23-14-12(10(21)8(19)6(4-17)25-14)26-13-11(22)9(20)7(18)5(3-16)24-13;1-5(14)12-7-9(16)8(15)6(4-13)18-10(7)17-3-2-11;2*9-1-2-14-8-7(13)6(12)5(11)4(3-10)15-8/h6-20,22-31H,1-5,21H2;5-14,16-22H,1-4,15H2;6-10,13,15-16H,2-4,11H2,1H3,(H,12,14);2*4-8,10-13H,1-3,9H2/t6-,7-,8-,9-,10-,11-,12+,13+,14+,15+,16+,17+,18+,19+,20-;5-,6-,7-,8-,9+,10+,11+,12+,13-,14+;6-,7-,8-,9-,10-;4-,5-,6+,7+,8+;4-,5-,6+,7-,8+/m11111/s1. The molecule has 111 heavy (non-hydrogen) atoms. The van der Waals surface area contributed by atoms with Gasteiger partial charge in [0.15, 0.2) is 50.3 Å². The molecule has 8 aliphatic rings. The molecule has 0 bridgehead atoms. The lowest BCUT2D eigenvalue weighted by Gasteiger charge is -2.46. The van der Waals surface area contributed by atoms with Gasteiger partial charge in [-0.2, -0.15) is 0 Å². The van der Waals surface area contributed by atoms with Crippen LogP contribution in [0.1, 0.15) is 6.92 Å². The average Bonchev–Trinajstić information content (AvgIpc) is 0.785. The molecule has 0 aromatic heterocycles. The summed E-state index contributed by atoms with van der Waals surface area (Å²) in [4.78, 5) is 11.0. The third kappa shape index (κ3) is 27.5. The number of ether oxygens (including phenoxy) is 16. The van der Waals surface area contributed by atoms with Crippen molar-refractivity contribution in [3.05, 3.63) is 0 Å². The molecule has 8 heterocycles. The van der Waals surface area contributed by atoms with Crippen LogP contribution < -0.4 is 34.0 Å². The number of carbonyl (C=O) groups excluding carboxylic acids is 1. The Morgan fingerprint density at radius 3 is 0.811 bits per heavy atom. The molecule has 8 rings (SSSR count). The molecule has 0 aliphatic carbocycles. The summed E-state index contributed by atoms with van der Waals surface area (Å²) in [6, 6.07) is -0.910. The van der Waals surface area contributed by atoms with Crippen molar-refractivity contribution in [3.63, 3.8) is 0 Å². The smallest absolute Gasteiger partial charge is 0.217 e. The first-order chi connectivity index (χ1) is 52.6. The Morgan fingerprint density at radius 1 is 0.261 bits per heavy atom. The lowest BCUT2D eigenvalue weighted by molar-refractivity contribution is -0.367. The molecule has 8 saturated heterocycles. The molecule has 1 amide bonds. The minimum Gasteiger partial charge on any atom is -0.394 e. The van der Waals surface area contributed by atoms with Crippen LogP contribution in [0.3, 0.4) is 0 Å². The van der Waals surface area contributed by atoms with Crippen molar-refractivity contribution in [1.82, 2.24) is 5.32 Å². The highest BCUT2D eigenvalue weighted by molar-refractivity contribution is 5.73. The summed E-state index contributed by atoms with van der Waals surface area (Å²) in [5.41, 5.74) is 26.5. The lowest BCUT2D eigenvalue weighted by Crippen LogP contribution is -2.65. The highest BCUT2D eigenvalue weighted by Crippen LogP contribution is 2.34. The number of aliphatic hydroxyl groups excluding tert-OH is 28. The fourth-order valence-corrected chi connectivity index (χ4v) is 11.7. The molecule has 0 radical (unpaired) electrons. The minimum atomic E-state index is -1.83. The Kier molecular flexibility index (Phi) is 45.8. The molecular formula is C60H118N6O45. The zero-order valence-electron chi connectivity index (χ0n) is 60.2. The Bertz CT molecular complexity index is 2440. The zero-order valence-corrected chi connectivity index (χ0v) is 60.2. The first-order valence-electron chi connectivity index (χ1n) is 35.2. The van der Waals surface area contributed by atoms with Gasteiger partial charge in [0.1, 0.15) is 195 Å². The fraction of sp³-hybridized carbons (Fsp3) is 0.983. The summed E-state index contributed by atoms with van der Waals surface area (Å²) in [5, 5.41) is 274. The van der Waals surface area contributed by atoms with Gasteiger partial charge < -0.3 is 253 Å². The second-order valence-electron chi connectivity index (χ2n) is 26.0. The maximum Gasteiger partial charge on any atom is 0.217 e. The van der Waals surface area contributed by atoms with E-state index >= 15 is 0 Å². The molecule has 51 nitrogen and oxygen atoms in total. The quantitative estimate of drug-likeness (QED) is 0.0318. The van der Waals surface area contributed by atoms with Crippen molar-refractivity contribution < 1.29 is 224 Å². The lowest BCUT2D eigenvalue weighted by atomic mass is 9.96. The maximum absolute atomic E-state index is 11.0. The van der Waals surface area contributed by atoms with Gasteiger partial charge in [0.05, 0.1) is 85.9 Å². The molecule has 0 aromatic rings. The summed E-state index contributed by atoms with van der Waals surface area (Å²) in [5.74, 6) is -0.390. The van der Waals surface area contributed by atoms with Gasteiger partial charge in [0.2, 0.25) is 5.91 Å². The van der Waals surface area contributed by atoms with Gasteiger partial charge in [0, 0.05) is 39.6 Å². The summed E-state index contributed by atoms with van der Waals surface area (Å²) < 4.78 is 84.4. The number of aliphatic hydroxyl groups is 28. The van der Waals surface area contributed by atoms with E-state index in [4.69, 9.17) is 120 Å². The van der Waals surface area contributed by atoms with Crippen LogP contribution in [0.25, 0.3) is 0 Å². The molecule has 39 N–H and O–H groups in total. The van der Waals surface area contributed by atoms with Crippen LogP contribution in [0.5, 0.6) is 0 Å². The Hall–Kier alpha value is -2.49. The van der Waals surface area contributed by atoms with Crippen LogP contribution >= 0.6 is 0 Å². The second-order valence-corrected chi connectivity index (χ2v) is 26.0. The van der Waals surface area contributed by atoms with Gasteiger partial charge in [-0.15, -0.1) is 0 Å². The highest BCUT2D eigenvalue weighted by Gasteiger charge is 2.55. The van der Waals surface area contributed by atoms with E-state index in [0.717, 1.165) is 0 Å². The van der Waals surface area contributed by atoms with Crippen LogP contribution in [0, 0.1) is 0 Å². The van der Waals surface area contributed by atoms with Crippen LogP contribution in [-0.2, 0) is 80.6 Å². The summed E-state index contributed by atoms with van der Waals surface area (Å²) in [6.45, 7) is -2.03. The average molecular weight is 1640 g/mol. The van der Waals surface area contributed by atoms with E-state index in [1.807, 2.05) is 0 Å². The summed E-state index contributed by atoms with van der Waals surface area (Å²) in [7, 11) is 0. The SMILES string of the molecule is CC(=O)N[C@H]1[C@H](OCCN)O[C@H](CO)[C@@H](O)[C@@H]1O.NCCO[C@H]1O[C@H](CO)[C@@H](O)[C@H](O)[C@@H]1O.NCCO[C@H]1O[C@H](CO)[C@@H](O)[C@H](O)[C@@H]1O[C@H]1O[C@H](CO)[C@@H](O)[C@H](O)[C@@H]1O.NCCO[C@H]1O[C@H](CO)[C@@H](O)[C@H](O)[C@H]1O.NCCO[C@H]1O[C@H](CO[C@H]2O[C@H](CO)[C@@H](O)[C@H](O)[C@@H]2O)[C@@H](O)[C@H](O[C@H]2O[C@H](CO)[C@@H](O)[C@H](O)[C@@H]2O)[C@@H]1O. The van der Waals surface area contributed by atoms with Crippen molar-refractivity contribution >= 4 is 5.91 Å². The predicted octanol–water partition coefficient (Wildman–Crippen LogP) is -22.6. The van der Waals surface area contributed by atoms with Gasteiger partial charge in [-0.25, -0.2) is 0 Å². The van der Waals surface area contributed by atoms with Crippen LogP contribution in [0.2, 0.25) is 0 Å². The molecule has 0 spiro atoms. The van der Waals surface area contributed by atoms with E-state index < -0.39 is 304 Å². The fourth-order valence-electron chi connectivity index (χ4n) is 11.7. The van der Waals surface area contributed by atoms with Gasteiger partial charge in [-0.3, -0.25) is 4.79 Å². The van der Waals surface area contributed by atoms with E-state index in [2.05, 4.69) is 5.32 Å². The molecule has 8 aliphatic heterocycles. The summed E-state index contributed by atoms with van der Waals surface area (Å²) >= 11 is 0. The molecule has 658 valence electrons. The van der Waals surface area contributed by atoms with E-state index in [1.54, 1.807) is 0 Å². The van der Waals surface area contributed by atoms with Crippen molar-refractivity contribution in [1.29, 1.82) is 0 Å². The maximum atomic E-state index is 11.0. The number of amides is 1. The van der Waals surface area contributed by atoms with E-state index in [1.165, 1.54) is 6.92 Å². The molecule has 40 atom stereocenters. The minimum absolute atomic E-state index is 0.0141. The first kappa shape index (κ1) is 101. The van der Waals surface area contributed by atoms with Crippen LogP contribution in [0.15, 0.2) is 0 Å². The monoisotopic (exact) mass is 1640 g/mol. The third-order valence-electron chi connectivity index (χ3n) is 18.0. The van der Waals surface area contributed by atoms with E-state index in [9.17, 15) is 132 Å². The normalized spacial score (nSPS) is 44.6. The number of hydrogen-bond acceptors (Lipinski definition) is 50. The summed E-state index contributed by atoms with van der Waals surface area (Å²) in [6.07, 6.45) is -55.3. The Morgan fingerprint density at radius 2 is 0.495 bits per heavy atom. The molecule has 0 unspecified atom stereocenters. The predicted molar refractivity (Wildman–Crippen MR) is 353 cm³/mol. The first-order valence-corrected chi connectivity index (χ1v) is 35.2. The molecule has 8 fully saturated rings. The molecule has 0 aromatic carbocycles. The number of hydrogen-bond donors (Lipinski definition) is 34. The topological polar surface area (TPSA) is 873 Å². The zero-order chi connectivity index (χ0) is 83.4. The number of carbonyl (C=O) groups is 1. The Balaban J connectivity index is 0.000000308. The van der Waals surface area contributed by atoms with Crippen LogP contribution in [0.4, 0.5) is 0 Å². The van der Waals surface area contributed by atoms with E-state index in [0.29, 0.717) is 0 Å². The van der Waals surface area contributed by atoms with Gasteiger partial charge in [-0.05, 0) is 0 Å². The van der Waals surface area contributed by atoms with Gasteiger partial charge >= 0.3 is 0 Å². The van der Waals surface area contributed by atoms with Crippen LogP contribution in [-0.4, -0.2) is 513 Å². The number of rotatable bonds is 30. The Labute approximate surface area is 633 Å². The molecular weight excluding hydrogens is 1520 g/mol. The van der Waals surface area contributed by atoms with Gasteiger partial charge in [0.25, 0.3) is 0 Å². The van der Waals surface area contributed by atoms with E-state index in [-0.39, 0.29) is 65.8 Å². The number of nitrogens with one attached hydrogen (secondary N) is 1. The van der Waals surface area contributed by atoms with Gasteiger partial charge in [-0.1, -0.05) is 0 Å². The second kappa shape index (κ2) is 50.4. The number of nitrogens with two attached hydrogens (primary N) is 5. The molecule has 51 heteroatoms. The largest absolute Gasteiger partial charge is 0.394 e. The van der Waals surface area contributed by atoms with Crippen molar-refractivity contribution in [2.75, 3.05) is 119 Å².